The average molecular weight is 249 g/mol. The molecule has 18 heavy (non-hydrogen) atoms. The lowest BCUT2D eigenvalue weighted by molar-refractivity contribution is 0.329. The number of aromatic nitrogens is 2. The van der Waals surface area contributed by atoms with E-state index in [1.165, 1.54) is 6.42 Å². The molecule has 0 saturated carbocycles. The summed E-state index contributed by atoms with van der Waals surface area (Å²) in [5, 5.41) is 3.60. The average Bonchev–Trinajstić information content (AvgIpc) is 2.28. The van der Waals surface area contributed by atoms with E-state index >= 15 is 0 Å². The summed E-state index contributed by atoms with van der Waals surface area (Å²) in [5.41, 5.74) is 1.49. The molecule has 0 aliphatic heterocycles. The van der Waals surface area contributed by atoms with Crippen LogP contribution in [0.25, 0.3) is 0 Å². The number of hydrogen-bond acceptors (Lipinski definition) is 3. The Hall–Kier alpha value is -0.960. The Balaban J connectivity index is 2.71. The van der Waals surface area contributed by atoms with E-state index in [-0.39, 0.29) is 0 Å². The molecule has 1 atom stereocenters. The second-order valence-electron chi connectivity index (χ2n) is 6.13. The Morgan fingerprint density at radius 2 is 2.06 bits per heavy atom. The Morgan fingerprint density at radius 3 is 2.61 bits per heavy atom. The van der Waals surface area contributed by atoms with Crippen molar-refractivity contribution in [2.45, 2.75) is 59.9 Å². The molecule has 0 saturated heterocycles. The highest BCUT2D eigenvalue weighted by Gasteiger charge is 2.17. The third-order valence-corrected chi connectivity index (χ3v) is 2.98. The van der Waals surface area contributed by atoms with Crippen molar-refractivity contribution in [1.29, 1.82) is 0 Å². The minimum absolute atomic E-state index is 0.353. The van der Waals surface area contributed by atoms with Crippen LogP contribution in [0.2, 0.25) is 0 Å². The van der Waals surface area contributed by atoms with Gasteiger partial charge in [0.05, 0.1) is 5.69 Å². The first-order valence-corrected chi connectivity index (χ1v) is 6.95. The fourth-order valence-electron chi connectivity index (χ4n) is 1.92. The van der Waals surface area contributed by atoms with Gasteiger partial charge >= 0.3 is 0 Å². The largest absolute Gasteiger partial charge is 0.309 e. The van der Waals surface area contributed by atoms with Gasteiger partial charge in [-0.15, -0.1) is 0 Å². The maximum Gasteiger partial charge on any atom is 0.125 e. The maximum absolute atomic E-state index is 4.55. The molecule has 0 radical (unpaired) electrons. The van der Waals surface area contributed by atoms with Gasteiger partial charge in [0.1, 0.15) is 5.82 Å². The predicted molar refractivity (Wildman–Crippen MR) is 76.5 cm³/mol. The van der Waals surface area contributed by atoms with Crippen LogP contribution in [0.3, 0.4) is 0 Å². The summed E-state index contributed by atoms with van der Waals surface area (Å²) < 4.78 is 0. The maximum atomic E-state index is 4.55. The van der Waals surface area contributed by atoms with Crippen molar-refractivity contribution in [2.75, 3.05) is 6.54 Å². The van der Waals surface area contributed by atoms with Crippen molar-refractivity contribution in [1.82, 2.24) is 15.3 Å². The molecule has 1 unspecified atom stereocenters. The number of rotatable bonds is 6. The summed E-state index contributed by atoms with van der Waals surface area (Å²) >= 11 is 0. The smallest absolute Gasteiger partial charge is 0.125 e. The highest BCUT2D eigenvalue weighted by molar-refractivity contribution is 5.07. The van der Waals surface area contributed by atoms with E-state index < -0.39 is 0 Å². The zero-order valence-corrected chi connectivity index (χ0v) is 12.5. The van der Waals surface area contributed by atoms with Crippen molar-refractivity contribution in [3.05, 3.63) is 23.8 Å². The van der Waals surface area contributed by atoms with Crippen LogP contribution in [0.1, 0.15) is 64.5 Å². The number of nitrogens with one attached hydrogen (secondary N) is 1. The number of nitrogens with zero attached hydrogens (tertiary/aromatic N) is 2. The third-order valence-electron chi connectivity index (χ3n) is 2.98. The van der Waals surface area contributed by atoms with Gasteiger partial charge in [0.25, 0.3) is 0 Å². The van der Waals surface area contributed by atoms with Gasteiger partial charge in [0.15, 0.2) is 0 Å². The van der Waals surface area contributed by atoms with Gasteiger partial charge in [-0.1, -0.05) is 27.7 Å². The summed E-state index contributed by atoms with van der Waals surface area (Å²) in [6, 6.07) is 2.38. The fraction of sp³-hybridized carbons (Fsp3) is 0.733. The SMILES string of the molecule is CCCNC(CCC(C)(C)C)c1ccnc(C)n1. The molecule has 1 heterocycles. The predicted octanol–water partition coefficient (Wildman–Crippen LogP) is 3.65. The monoisotopic (exact) mass is 249 g/mol. The highest BCUT2D eigenvalue weighted by atomic mass is 15.0. The summed E-state index contributed by atoms with van der Waals surface area (Å²) in [6.07, 6.45) is 5.32. The van der Waals surface area contributed by atoms with E-state index in [9.17, 15) is 0 Å². The molecule has 102 valence electrons. The molecule has 1 aromatic heterocycles. The first-order valence-electron chi connectivity index (χ1n) is 6.95. The molecule has 0 amide bonds. The van der Waals surface area contributed by atoms with E-state index in [0.29, 0.717) is 11.5 Å². The molecule has 0 aromatic carbocycles. The fourth-order valence-corrected chi connectivity index (χ4v) is 1.92. The molecule has 0 fully saturated rings. The molecule has 3 heteroatoms. The van der Waals surface area contributed by atoms with E-state index in [1.807, 2.05) is 19.2 Å². The lowest BCUT2D eigenvalue weighted by atomic mass is 9.88. The molecular formula is C15H27N3. The van der Waals surface area contributed by atoms with Crippen LogP contribution in [0, 0.1) is 12.3 Å². The minimum atomic E-state index is 0.353. The summed E-state index contributed by atoms with van der Waals surface area (Å²) in [4.78, 5) is 8.73. The van der Waals surface area contributed by atoms with Gasteiger partial charge in [-0.2, -0.15) is 0 Å². The zero-order chi connectivity index (χ0) is 13.6. The summed E-state index contributed by atoms with van der Waals surface area (Å²) in [7, 11) is 0. The van der Waals surface area contributed by atoms with Crippen LogP contribution in [-0.4, -0.2) is 16.5 Å². The number of hydrogen-bond donors (Lipinski definition) is 1. The van der Waals surface area contributed by atoms with Gasteiger partial charge in [-0.3, -0.25) is 0 Å². The Kier molecular flexibility index (Phi) is 5.73. The van der Waals surface area contributed by atoms with E-state index in [1.54, 1.807) is 0 Å². The van der Waals surface area contributed by atoms with E-state index in [0.717, 1.165) is 30.9 Å². The molecule has 0 spiro atoms. The second kappa shape index (κ2) is 6.83. The molecule has 3 nitrogen and oxygen atoms in total. The van der Waals surface area contributed by atoms with Gasteiger partial charge in [-0.05, 0) is 44.2 Å². The Labute approximate surface area is 111 Å². The van der Waals surface area contributed by atoms with Gasteiger partial charge < -0.3 is 5.32 Å². The molecule has 0 bridgehead atoms. The molecule has 1 N–H and O–H groups in total. The van der Waals surface area contributed by atoms with Crippen LogP contribution >= 0.6 is 0 Å². The number of aryl methyl sites for hydroxylation is 1. The molecule has 1 aromatic rings. The molecular weight excluding hydrogens is 222 g/mol. The normalized spacial score (nSPS) is 13.6. The third kappa shape index (κ3) is 5.58. The first kappa shape index (κ1) is 15.1. The van der Waals surface area contributed by atoms with Crippen LogP contribution in [0.5, 0.6) is 0 Å². The highest BCUT2D eigenvalue weighted by Crippen LogP contribution is 2.26. The lowest BCUT2D eigenvalue weighted by Crippen LogP contribution is -2.24. The van der Waals surface area contributed by atoms with Crippen molar-refractivity contribution < 1.29 is 0 Å². The second-order valence-corrected chi connectivity index (χ2v) is 6.13. The van der Waals surface area contributed by atoms with Gasteiger partial charge in [0.2, 0.25) is 0 Å². The molecule has 1 rings (SSSR count). The van der Waals surface area contributed by atoms with Gasteiger partial charge in [-0.25, -0.2) is 9.97 Å². The van der Waals surface area contributed by atoms with Crippen molar-refractivity contribution >= 4 is 0 Å². The van der Waals surface area contributed by atoms with E-state index in [2.05, 4.69) is 43.0 Å². The van der Waals surface area contributed by atoms with Crippen LogP contribution in [-0.2, 0) is 0 Å². The van der Waals surface area contributed by atoms with E-state index in [4.69, 9.17) is 0 Å². The van der Waals surface area contributed by atoms with Crippen LogP contribution < -0.4 is 5.32 Å². The standard InChI is InChI=1S/C15H27N3/c1-6-10-17-13(7-9-15(3,4)5)14-8-11-16-12(2)18-14/h8,11,13,17H,6-7,9-10H2,1-5H3. The topological polar surface area (TPSA) is 37.8 Å². The van der Waals surface area contributed by atoms with Crippen LogP contribution in [0.4, 0.5) is 0 Å². The lowest BCUT2D eigenvalue weighted by Gasteiger charge is -2.23. The van der Waals surface area contributed by atoms with Crippen molar-refractivity contribution in [3.8, 4) is 0 Å². The summed E-state index contributed by atoms with van der Waals surface area (Å²) in [6.45, 7) is 12.0. The van der Waals surface area contributed by atoms with Crippen molar-refractivity contribution in [3.63, 3.8) is 0 Å². The molecule has 0 aliphatic carbocycles. The Morgan fingerprint density at radius 1 is 1.33 bits per heavy atom. The minimum Gasteiger partial charge on any atom is -0.309 e. The summed E-state index contributed by atoms with van der Waals surface area (Å²) in [5.74, 6) is 0.853. The van der Waals surface area contributed by atoms with Crippen LogP contribution in [0.15, 0.2) is 12.3 Å². The van der Waals surface area contributed by atoms with Gasteiger partial charge in [0, 0.05) is 12.2 Å². The first-order chi connectivity index (χ1) is 8.42. The Bertz CT molecular complexity index is 355. The van der Waals surface area contributed by atoms with Crippen molar-refractivity contribution in [2.24, 2.45) is 5.41 Å². The zero-order valence-electron chi connectivity index (χ0n) is 12.5. The quantitative estimate of drug-likeness (QED) is 0.836. The molecule has 0 aliphatic rings.